The van der Waals surface area contributed by atoms with E-state index in [-0.39, 0.29) is 17.0 Å². The zero-order chi connectivity index (χ0) is 20.1. The van der Waals surface area contributed by atoms with Crippen LogP contribution in [-0.4, -0.2) is 30.9 Å². The second-order valence-electron chi connectivity index (χ2n) is 6.28. The van der Waals surface area contributed by atoms with Crippen molar-refractivity contribution in [2.24, 2.45) is 0 Å². The van der Waals surface area contributed by atoms with Gasteiger partial charge < -0.3 is 15.5 Å². The minimum Gasteiger partial charge on any atom is -0.378 e. The Morgan fingerprint density at radius 1 is 0.893 bits per heavy atom. The molecule has 2 amide bonds. The molecule has 3 aromatic rings. The third kappa shape index (κ3) is 4.66. The number of amides is 2. The molecular formula is C21H19ClN4O2. The van der Waals surface area contributed by atoms with Crippen LogP contribution in [0.15, 0.2) is 66.9 Å². The van der Waals surface area contributed by atoms with Gasteiger partial charge in [-0.25, -0.2) is 4.98 Å². The molecule has 1 aromatic heterocycles. The van der Waals surface area contributed by atoms with E-state index in [4.69, 9.17) is 11.6 Å². The van der Waals surface area contributed by atoms with Crippen molar-refractivity contribution < 1.29 is 9.59 Å². The van der Waals surface area contributed by atoms with Crippen LogP contribution in [0, 0.1) is 0 Å². The maximum atomic E-state index is 12.6. The monoisotopic (exact) mass is 394 g/mol. The maximum Gasteiger partial charge on any atom is 0.255 e. The molecule has 1 heterocycles. The molecule has 3 rings (SSSR count). The smallest absolute Gasteiger partial charge is 0.255 e. The second-order valence-corrected chi connectivity index (χ2v) is 6.64. The van der Waals surface area contributed by atoms with E-state index >= 15 is 0 Å². The van der Waals surface area contributed by atoms with Crippen LogP contribution in [0.1, 0.15) is 20.7 Å². The van der Waals surface area contributed by atoms with Crippen molar-refractivity contribution in [1.82, 2.24) is 4.98 Å². The number of rotatable bonds is 5. The minimum absolute atomic E-state index is 0.136. The molecule has 0 aliphatic rings. The van der Waals surface area contributed by atoms with Crippen LogP contribution >= 0.6 is 11.6 Å². The number of nitrogens with zero attached hydrogens (tertiary/aromatic N) is 2. The van der Waals surface area contributed by atoms with E-state index < -0.39 is 0 Å². The fraction of sp³-hybridized carbons (Fsp3) is 0.0952. The number of benzene rings is 2. The molecule has 2 N–H and O–H groups in total. The number of hydrogen-bond acceptors (Lipinski definition) is 4. The average Bonchev–Trinajstić information content (AvgIpc) is 2.71. The van der Waals surface area contributed by atoms with Gasteiger partial charge >= 0.3 is 0 Å². The highest BCUT2D eigenvalue weighted by atomic mass is 35.5. The van der Waals surface area contributed by atoms with E-state index in [0.29, 0.717) is 22.5 Å². The Balaban J connectivity index is 1.77. The van der Waals surface area contributed by atoms with Crippen molar-refractivity contribution in [3.05, 3.63) is 83.1 Å². The second kappa shape index (κ2) is 8.54. The topological polar surface area (TPSA) is 74.3 Å². The zero-order valence-electron chi connectivity index (χ0n) is 15.4. The molecule has 2 aromatic carbocycles. The fourth-order valence-corrected chi connectivity index (χ4v) is 2.67. The van der Waals surface area contributed by atoms with Crippen LogP contribution in [0.5, 0.6) is 0 Å². The number of pyridine rings is 1. The summed E-state index contributed by atoms with van der Waals surface area (Å²) in [5.74, 6) is -0.598. The Morgan fingerprint density at radius 2 is 1.57 bits per heavy atom. The lowest BCUT2D eigenvalue weighted by molar-refractivity contribution is 0.101. The summed E-state index contributed by atoms with van der Waals surface area (Å²) in [7, 11) is 3.81. The van der Waals surface area contributed by atoms with Crippen LogP contribution in [0.2, 0.25) is 5.15 Å². The van der Waals surface area contributed by atoms with Crippen molar-refractivity contribution in [1.29, 1.82) is 0 Å². The molecule has 0 fully saturated rings. The van der Waals surface area contributed by atoms with Crippen molar-refractivity contribution in [2.75, 3.05) is 29.6 Å². The number of carbonyl (C=O) groups excluding carboxylic acids is 2. The summed E-state index contributed by atoms with van der Waals surface area (Å²) in [5, 5.41) is 5.62. The van der Waals surface area contributed by atoms with Gasteiger partial charge in [-0.1, -0.05) is 35.9 Å². The number of halogens is 1. The Hall–Kier alpha value is -3.38. The molecule has 0 atom stereocenters. The van der Waals surface area contributed by atoms with Crippen molar-refractivity contribution in [2.45, 2.75) is 0 Å². The Kier molecular flexibility index (Phi) is 5.91. The number of aromatic nitrogens is 1. The third-order valence-electron chi connectivity index (χ3n) is 4.01. The molecule has 7 heteroatoms. The van der Waals surface area contributed by atoms with E-state index in [1.807, 2.05) is 37.2 Å². The van der Waals surface area contributed by atoms with Gasteiger partial charge in [-0.15, -0.1) is 0 Å². The molecule has 6 nitrogen and oxygen atoms in total. The molecule has 0 bridgehead atoms. The highest BCUT2D eigenvalue weighted by Gasteiger charge is 2.12. The normalized spacial score (nSPS) is 10.2. The quantitative estimate of drug-likeness (QED) is 0.632. The molecule has 0 spiro atoms. The van der Waals surface area contributed by atoms with E-state index in [9.17, 15) is 9.59 Å². The zero-order valence-corrected chi connectivity index (χ0v) is 16.2. The Bertz CT molecular complexity index is 1010. The van der Waals surface area contributed by atoms with E-state index in [1.54, 1.807) is 42.5 Å². The first-order valence-corrected chi connectivity index (χ1v) is 8.92. The summed E-state index contributed by atoms with van der Waals surface area (Å²) >= 11 is 6.09. The van der Waals surface area contributed by atoms with Gasteiger partial charge in [-0.2, -0.15) is 0 Å². The lowest BCUT2D eigenvalue weighted by Gasteiger charge is -2.14. The van der Waals surface area contributed by atoms with Gasteiger partial charge in [-0.3, -0.25) is 9.59 Å². The molecule has 0 saturated heterocycles. The molecule has 0 aliphatic carbocycles. The van der Waals surface area contributed by atoms with Gasteiger partial charge in [0, 0.05) is 30.9 Å². The van der Waals surface area contributed by atoms with E-state index in [1.165, 1.54) is 6.20 Å². The molecule has 0 saturated carbocycles. The van der Waals surface area contributed by atoms with Crippen molar-refractivity contribution >= 4 is 40.5 Å². The largest absolute Gasteiger partial charge is 0.378 e. The summed E-state index contributed by atoms with van der Waals surface area (Å²) in [6.45, 7) is 0. The van der Waals surface area contributed by atoms with E-state index in [2.05, 4.69) is 15.6 Å². The predicted molar refractivity (Wildman–Crippen MR) is 112 cm³/mol. The summed E-state index contributed by atoms with van der Waals surface area (Å²) in [5.41, 5.74) is 2.66. The number of hydrogen-bond donors (Lipinski definition) is 2. The standard InChI is InChI=1S/C21H19ClN4O2/c1-26(2)17-10-6-9-15(11-17)21(28)24-16-12-18(19(22)23-13-16)25-20(27)14-7-4-3-5-8-14/h3-13H,1-2H3,(H,24,28)(H,25,27). The predicted octanol–water partition coefficient (Wildman–Crippen LogP) is 4.31. The minimum atomic E-state index is -0.313. The van der Waals surface area contributed by atoms with Crippen LogP contribution < -0.4 is 15.5 Å². The van der Waals surface area contributed by atoms with Crippen LogP contribution in [-0.2, 0) is 0 Å². The van der Waals surface area contributed by atoms with Gasteiger partial charge in [-0.05, 0) is 36.4 Å². The van der Waals surface area contributed by atoms with Gasteiger partial charge in [0.15, 0.2) is 5.15 Å². The summed E-state index contributed by atoms with van der Waals surface area (Å²) < 4.78 is 0. The van der Waals surface area contributed by atoms with Gasteiger partial charge in [0.1, 0.15) is 0 Å². The summed E-state index contributed by atoms with van der Waals surface area (Å²) in [6.07, 6.45) is 1.44. The number of nitrogens with one attached hydrogen (secondary N) is 2. The summed E-state index contributed by atoms with van der Waals surface area (Å²) in [6, 6.07) is 17.6. The molecule has 0 radical (unpaired) electrons. The first kappa shape index (κ1) is 19.4. The third-order valence-corrected chi connectivity index (χ3v) is 4.31. The Labute approximate surface area is 168 Å². The lowest BCUT2D eigenvalue weighted by Crippen LogP contribution is -2.15. The molecule has 0 aliphatic heterocycles. The fourth-order valence-electron chi connectivity index (χ4n) is 2.52. The molecule has 0 unspecified atom stereocenters. The Morgan fingerprint density at radius 3 is 2.29 bits per heavy atom. The van der Waals surface area contributed by atoms with Gasteiger partial charge in [0.2, 0.25) is 0 Å². The number of anilines is 3. The van der Waals surface area contributed by atoms with Crippen molar-refractivity contribution in [3.63, 3.8) is 0 Å². The SMILES string of the molecule is CN(C)c1cccc(C(=O)Nc2cnc(Cl)c(NC(=O)c3ccccc3)c2)c1. The van der Waals surface area contributed by atoms with Crippen LogP contribution in [0.4, 0.5) is 17.1 Å². The first-order chi connectivity index (χ1) is 13.4. The maximum absolute atomic E-state index is 12.6. The average molecular weight is 395 g/mol. The number of carbonyl (C=O) groups is 2. The van der Waals surface area contributed by atoms with Crippen molar-refractivity contribution in [3.8, 4) is 0 Å². The highest BCUT2D eigenvalue weighted by molar-refractivity contribution is 6.32. The van der Waals surface area contributed by atoms with Gasteiger partial charge in [0.05, 0.1) is 17.6 Å². The van der Waals surface area contributed by atoms with Gasteiger partial charge in [0.25, 0.3) is 11.8 Å². The van der Waals surface area contributed by atoms with Crippen LogP contribution in [0.25, 0.3) is 0 Å². The first-order valence-electron chi connectivity index (χ1n) is 8.55. The lowest BCUT2D eigenvalue weighted by atomic mass is 10.1. The van der Waals surface area contributed by atoms with Crippen LogP contribution in [0.3, 0.4) is 0 Å². The summed E-state index contributed by atoms with van der Waals surface area (Å²) in [4.78, 5) is 30.8. The molecular weight excluding hydrogens is 376 g/mol. The molecule has 142 valence electrons. The molecule has 28 heavy (non-hydrogen) atoms. The highest BCUT2D eigenvalue weighted by Crippen LogP contribution is 2.24. The van der Waals surface area contributed by atoms with E-state index in [0.717, 1.165) is 5.69 Å².